The summed E-state index contributed by atoms with van der Waals surface area (Å²) in [6.07, 6.45) is 4.70. The first kappa shape index (κ1) is 7.99. The van der Waals surface area contributed by atoms with E-state index in [1.54, 1.807) is 7.11 Å². The van der Waals surface area contributed by atoms with Gasteiger partial charge in [-0.2, -0.15) is 0 Å². The number of fused-ring (bicyclic) bond motifs is 2. The van der Waals surface area contributed by atoms with Crippen LogP contribution in [-0.2, 0) is 9.53 Å². The quantitative estimate of drug-likeness (QED) is 0.554. The Labute approximate surface area is 72.6 Å². The van der Waals surface area contributed by atoms with Gasteiger partial charge < -0.3 is 4.74 Å². The summed E-state index contributed by atoms with van der Waals surface area (Å²) < 4.78 is 5.32. The zero-order valence-electron chi connectivity index (χ0n) is 7.59. The molecular formula is C10H14O2. The summed E-state index contributed by atoms with van der Waals surface area (Å²) in [6, 6.07) is 0. The zero-order chi connectivity index (χ0) is 8.77. The predicted octanol–water partition coefficient (Wildman–Crippen LogP) is 1.70. The van der Waals surface area contributed by atoms with E-state index in [1.807, 2.05) is 6.08 Å². The lowest BCUT2D eigenvalue weighted by Gasteiger charge is -2.41. The third kappa shape index (κ3) is 0.876. The van der Waals surface area contributed by atoms with Crippen LogP contribution in [0.1, 0.15) is 26.2 Å². The molecule has 0 aromatic rings. The number of carbonyl (C=O) groups is 1. The molecule has 0 N–H and O–H groups in total. The van der Waals surface area contributed by atoms with Crippen molar-refractivity contribution in [2.45, 2.75) is 31.8 Å². The average molecular weight is 166 g/mol. The molecule has 0 heterocycles. The Morgan fingerprint density at radius 3 is 2.83 bits per heavy atom. The Morgan fingerprint density at radius 1 is 1.67 bits per heavy atom. The Bertz CT molecular complexity index is 255. The van der Waals surface area contributed by atoms with E-state index >= 15 is 0 Å². The molecule has 0 aliphatic heterocycles. The molecule has 0 saturated heterocycles. The lowest BCUT2D eigenvalue weighted by molar-refractivity contribution is -0.142. The van der Waals surface area contributed by atoms with Gasteiger partial charge in [0.15, 0.2) is 5.78 Å². The van der Waals surface area contributed by atoms with E-state index in [0.29, 0.717) is 12.3 Å². The van der Waals surface area contributed by atoms with Gasteiger partial charge in [0, 0.05) is 13.5 Å². The van der Waals surface area contributed by atoms with Gasteiger partial charge in [0.1, 0.15) is 5.60 Å². The maximum atomic E-state index is 11.6. The normalized spacial score (nSPS) is 40.0. The molecule has 3 rings (SSSR count). The van der Waals surface area contributed by atoms with Crippen molar-refractivity contribution < 1.29 is 9.53 Å². The number of methoxy groups -OCH3 is 1. The number of Topliss-reactive ketones (excluding diaryl/α,β-unsaturated/α-hetero) is 1. The second-order valence-electron chi connectivity index (χ2n) is 3.84. The molecule has 12 heavy (non-hydrogen) atoms. The van der Waals surface area contributed by atoms with E-state index in [4.69, 9.17) is 4.74 Å². The van der Waals surface area contributed by atoms with Crippen LogP contribution in [0.25, 0.3) is 0 Å². The van der Waals surface area contributed by atoms with Crippen molar-refractivity contribution in [1.82, 2.24) is 0 Å². The van der Waals surface area contributed by atoms with Gasteiger partial charge in [-0.05, 0) is 31.8 Å². The lowest BCUT2D eigenvalue weighted by atomic mass is 9.68. The second-order valence-corrected chi connectivity index (χ2v) is 3.84. The summed E-state index contributed by atoms with van der Waals surface area (Å²) in [5.41, 5.74) is 0.793. The number of hydrogen-bond donors (Lipinski definition) is 0. The second kappa shape index (κ2) is 2.43. The van der Waals surface area contributed by atoms with Crippen LogP contribution in [0.5, 0.6) is 0 Å². The fraction of sp³-hybridized carbons (Fsp3) is 0.700. The number of rotatable bonds is 1. The van der Waals surface area contributed by atoms with E-state index in [9.17, 15) is 4.79 Å². The van der Waals surface area contributed by atoms with Crippen molar-refractivity contribution in [3.05, 3.63) is 11.6 Å². The molecule has 1 saturated carbocycles. The van der Waals surface area contributed by atoms with Crippen molar-refractivity contribution in [3.8, 4) is 0 Å². The molecule has 2 heteroatoms. The predicted molar refractivity (Wildman–Crippen MR) is 45.8 cm³/mol. The first-order chi connectivity index (χ1) is 5.68. The van der Waals surface area contributed by atoms with E-state index in [2.05, 4.69) is 6.92 Å². The topological polar surface area (TPSA) is 26.3 Å². The van der Waals surface area contributed by atoms with Crippen LogP contribution in [0.4, 0.5) is 0 Å². The molecule has 2 atom stereocenters. The fourth-order valence-electron chi connectivity index (χ4n) is 2.33. The largest absolute Gasteiger partial charge is 0.366 e. The maximum Gasteiger partial charge on any atom is 0.169 e. The summed E-state index contributed by atoms with van der Waals surface area (Å²) in [5.74, 6) is 0.779. The lowest BCUT2D eigenvalue weighted by Crippen LogP contribution is -2.47. The molecule has 0 unspecified atom stereocenters. The zero-order valence-corrected chi connectivity index (χ0v) is 7.59. The first-order valence-electron chi connectivity index (χ1n) is 4.46. The smallest absolute Gasteiger partial charge is 0.169 e. The van der Waals surface area contributed by atoms with Gasteiger partial charge in [-0.15, -0.1) is 0 Å². The fourth-order valence-corrected chi connectivity index (χ4v) is 2.33. The Hall–Kier alpha value is -0.630. The number of ether oxygens (including phenoxy) is 1. The molecule has 3 aliphatic rings. The Kier molecular flexibility index (Phi) is 1.62. The number of hydrogen-bond acceptors (Lipinski definition) is 2. The minimum atomic E-state index is -0.543. The van der Waals surface area contributed by atoms with Crippen molar-refractivity contribution in [2.75, 3.05) is 7.11 Å². The molecule has 1 fully saturated rings. The number of allylic oxidation sites excluding steroid dienone is 1. The van der Waals surface area contributed by atoms with Crippen LogP contribution < -0.4 is 0 Å². The molecule has 2 bridgehead atoms. The number of ketones is 1. The average Bonchev–Trinajstić information content (AvgIpc) is 2.08. The first-order valence-corrected chi connectivity index (χ1v) is 4.46. The highest BCUT2D eigenvalue weighted by Crippen LogP contribution is 2.42. The van der Waals surface area contributed by atoms with Crippen LogP contribution in [0.3, 0.4) is 0 Å². The van der Waals surface area contributed by atoms with Crippen LogP contribution >= 0.6 is 0 Å². The third-order valence-electron chi connectivity index (χ3n) is 3.24. The van der Waals surface area contributed by atoms with Crippen molar-refractivity contribution in [2.24, 2.45) is 5.92 Å². The van der Waals surface area contributed by atoms with Crippen molar-refractivity contribution in [1.29, 1.82) is 0 Å². The van der Waals surface area contributed by atoms with Crippen LogP contribution in [0, 0.1) is 5.92 Å². The molecular weight excluding hydrogens is 152 g/mol. The van der Waals surface area contributed by atoms with Gasteiger partial charge in [0.2, 0.25) is 0 Å². The van der Waals surface area contributed by atoms with Gasteiger partial charge in [-0.1, -0.05) is 5.57 Å². The summed E-state index contributed by atoms with van der Waals surface area (Å²) >= 11 is 0. The van der Waals surface area contributed by atoms with Gasteiger partial charge in [-0.3, -0.25) is 4.79 Å². The third-order valence-corrected chi connectivity index (χ3v) is 3.24. The highest BCUT2D eigenvalue weighted by Gasteiger charge is 2.45. The Morgan fingerprint density at radius 2 is 2.42 bits per heavy atom. The van der Waals surface area contributed by atoms with E-state index in [0.717, 1.165) is 12.8 Å². The molecule has 66 valence electrons. The van der Waals surface area contributed by atoms with Gasteiger partial charge in [-0.25, -0.2) is 0 Å². The van der Waals surface area contributed by atoms with Crippen LogP contribution in [-0.4, -0.2) is 18.5 Å². The minimum Gasteiger partial charge on any atom is -0.366 e. The number of carbonyl (C=O) groups excluding carboxylic acids is 1. The van der Waals surface area contributed by atoms with Gasteiger partial charge in [0.05, 0.1) is 0 Å². The van der Waals surface area contributed by atoms with Crippen LogP contribution in [0.15, 0.2) is 11.6 Å². The summed E-state index contributed by atoms with van der Waals surface area (Å²) in [4.78, 5) is 11.6. The SMILES string of the molecule is CO[C@@]12C=C(C)[C@@H](CC1)CC2=O. The molecule has 0 amide bonds. The standard InChI is InChI=1S/C10H14O2/c1-7-6-10(12-2)4-3-8(7)5-9(10)11/h6,8H,3-5H2,1-2H3/t8-,10+/m0/s1. The van der Waals surface area contributed by atoms with Crippen molar-refractivity contribution in [3.63, 3.8) is 0 Å². The molecule has 0 aromatic carbocycles. The van der Waals surface area contributed by atoms with E-state index in [-0.39, 0.29) is 5.78 Å². The maximum absolute atomic E-state index is 11.6. The van der Waals surface area contributed by atoms with Gasteiger partial charge >= 0.3 is 0 Å². The van der Waals surface area contributed by atoms with Crippen molar-refractivity contribution >= 4 is 5.78 Å². The summed E-state index contributed by atoms with van der Waals surface area (Å²) in [5, 5.41) is 0. The monoisotopic (exact) mass is 166 g/mol. The highest BCUT2D eigenvalue weighted by atomic mass is 16.5. The molecule has 2 nitrogen and oxygen atoms in total. The van der Waals surface area contributed by atoms with Crippen LogP contribution in [0.2, 0.25) is 0 Å². The summed E-state index contributed by atoms with van der Waals surface area (Å²) in [7, 11) is 1.63. The van der Waals surface area contributed by atoms with Gasteiger partial charge in [0.25, 0.3) is 0 Å². The van der Waals surface area contributed by atoms with E-state index < -0.39 is 5.60 Å². The van der Waals surface area contributed by atoms with E-state index in [1.165, 1.54) is 5.57 Å². The Balaban J connectivity index is 2.42. The molecule has 0 spiro atoms. The molecule has 0 radical (unpaired) electrons. The minimum absolute atomic E-state index is 0.270. The highest BCUT2D eigenvalue weighted by molar-refractivity contribution is 5.92. The molecule has 3 aliphatic carbocycles. The summed E-state index contributed by atoms with van der Waals surface area (Å²) in [6.45, 7) is 2.10. The molecule has 0 aromatic heterocycles.